The highest BCUT2D eigenvalue weighted by molar-refractivity contribution is 7.87. The van der Waals surface area contributed by atoms with Crippen LogP contribution in [0.1, 0.15) is 5.56 Å². The fourth-order valence-electron chi connectivity index (χ4n) is 1.74. The van der Waals surface area contributed by atoms with Crippen LogP contribution in [0.5, 0.6) is 11.5 Å². The lowest BCUT2D eigenvalue weighted by atomic mass is 10.2. The second-order valence-corrected chi connectivity index (χ2v) is 7.54. The Labute approximate surface area is 134 Å². The molecule has 0 bridgehead atoms. The summed E-state index contributed by atoms with van der Waals surface area (Å²) >= 11 is 0. The largest absolute Gasteiger partial charge is 0.744 e. The van der Waals surface area contributed by atoms with Crippen LogP contribution in [0.2, 0.25) is 0 Å². The van der Waals surface area contributed by atoms with Crippen molar-refractivity contribution in [3.8, 4) is 11.5 Å². The maximum absolute atomic E-state index is 12.2. The summed E-state index contributed by atoms with van der Waals surface area (Å²) in [6.45, 7) is 1.81. The summed E-state index contributed by atoms with van der Waals surface area (Å²) in [7, 11) is -7.61. The van der Waals surface area contributed by atoms with Gasteiger partial charge < -0.3 is 13.5 Å². The van der Waals surface area contributed by atoms with E-state index in [0.717, 1.165) is 23.8 Å². The predicted molar refractivity (Wildman–Crippen MR) is 80.0 cm³/mol. The molecule has 0 unspecified atom stereocenters. The van der Waals surface area contributed by atoms with Crippen molar-refractivity contribution in [1.82, 2.24) is 0 Å². The molecule has 0 amide bonds. The summed E-state index contributed by atoms with van der Waals surface area (Å²) in [6.07, 6.45) is 0. The van der Waals surface area contributed by atoms with Crippen LogP contribution >= 0.6 is 0 Å². The van der Waals surface area contributed by atoms with Gasteiger partial charge in [0.25, 0.3) is 0 Å². The predicted octanol–water partition coefficient (Wildman–Crippen LogP) is 1.68. The first-order valence-electron chi connectivity index (χ1n) is 6.28. The highest BCUT2D eigenvalue weighted by atomic mass is 32.2. The molecule has 0 N–H and O–H groups in total. The number of hydrogen-bond donors (Lipinski definition) is 0. The molecule has 23 heavy (non-hydrogen) atoms. The summed E-state index contributed by atoms with van der Waals surface area (Å²) in [6, 6.07) is 8.89. The SMILES string of the molecule is COc1cc(S(=O)(=O)[O-])ccc1OS(=O)(=O)c1ccc(C)cc1. The first-order chi connectivity index (χ1) is 10.6. The zero-order chi connectivity index (χ0) is 17.3. The van der Waals surface area contributed by atoms with Crippen molar-refractivity contribution in [2.45, 2.75) is 16.7 Å². The van der Waals surface area contributed by atoms with Crippen LogP contribution in [0, 0.1) is 6.92 Å². The molecule has 7 nitrogen and oxygen atoms in total. The Morgan fingerprint density at radius 1 is 0.870 bits per heavy atom. The number of aryl methyl sites for hydroxylation is 1. The maximum atomic E-state index is 12.2. The molecule has 0 atom stereocenters. The van der Waals surface area contributed by atoms with Crippen molar-refractivity contribution < 1.29 is 30.3 Å². The first-order valence-corrected chi connectivity index (χ1v) is 9.10. The van der Waals surface area contributed by atoms with Gasteiger partial charge in [0.1, 0.15) is 15.0 Å². The monoisotopic (exact) mass is 357 g/mol. The molecular formula is C14H13O7S2-. The van der Waals surface area contributed by atoms with Crippen molar-refractivity contribution in [2.24, 2.45) is 0 Å². The second kappa shape index (κ2) is 6.19. The van der Waals surface area contributed by atoms with Gasteiger partial charge in [-0.3, -0.25) is 0 Å². The van der Waals surface area contributed by atoms with E-state index in [-0.39, 0.29) is 16.4 Å². The van der Waals surface area contributed by atoms with E-state index in [9.17, 15) is 21.4 Å². The Hall–Kier alpha value is -2.10. The van der Waals surface area contributed by atoms with Crippen LogP contribution in [-0.2, 0) is 20.2 Å². The fourth-order valence-corrected chi connectivity index (χ4v) is 3.17. The molecule has 0 saturated carbocycles. The maximum Gasteiger partial charge on any atom is 0.339 e. The van der Waals surface area contributed by atoms with Gasteiger partial charge in [0.15, 0.2) is 11.5 Å². The van der Waals surface area contributed by atoms with Gasteiger partial charge in [-0.1, -0.05) is 17.7 Å². The zero-order valence-electron chi connectivity index (χ0n) is 12.2. The van der Waals surface area contributed by atoms with Gasteiger partial charge in [0.2, 0.25) is 0 Å². The topological polar surface area (TPSA) is 110 Å². The minimum absolute atomic E-state index is 0.0642. The van der Waals surface area contributed by atoms with Crippen LogP contribution in [0.15, 0.2) is 52.3 Å². The molecule has 2 aromatic rings. The molecule has 0 aromatic heterocycles. The van der Waals surface area contributed by atoms with Crippen molar-refractivity contribution in [3.63, 3.8) is 0 Å². The quantitative estimate of drug-likeness (QED) is 0.591. The lowest BCUT2D eigenvalue weighted by molar-refractivity contribution is 0.388. The van der Waals surface area contributed by atoms with Crippen LogP contribution in [0.4, 0.5) is 0 Å². The Kier molecular flexibility index (Phi) is 4.64. The molecule has 0 saturated heterocycles. The third-order valence-corrected chi connectivity index (χ3v) is 5.01. The van der Waals surface area contributed by atoms with Crippen LogP contribution in [0.3, 0.4) is 0 Å². The third kappa shape index (κ3) is 4.01. The second-order valence-electron chi connectivity index (χ2n) is 4.62. The van der Waals surface area contributed by atoms with E-state index >= 15 is 0 Å². The van der Waals surface area contributed by atoms with Gasteiger partial charge in [-0.2, -0.15) is 8.42 Å². The summed E-state index contributed by atoms with van der Waals surface area (Å²) in [5.74, 6) is -0.405. The van der Waals surface area contributed by atoms with Gasteiger partial charge in [-0.25, -0.2) is 8.42 Å². The highest BCUT2D eigenvalue weighted by Crippen LogP contribution is 2.32. The summed E-state index contributed by atoms with van der Waals surface area (Å²) in [4.78, 5) is -0.611. The molecule has 0 heterocycles. The van der Waals surface area contributed by atoms with E-state index in [1.807, 2.05) is 6.92 Å². The van der Waals surface area contributed by atoms with E-state index < -0.39 is 25.1 Å². The average Bonchev–Trinajstić information content (AvgIpc) is 2.46. The third-order valence-electron chi connectivity index (χ3n) is 2.93. The van der Waals surface area contributed by atoms with Crippen molar-refractivity contribution in [2.75, 3.05) is 7.11 Å². The van der Waals surface area contributed by atoms with Crippen LogP contribution < -0.4 is 8.92 Å². The Balaban J connectivity index is 2.41. The molecule has 2 rings (SSSR count). The van der Waals surface area contributed by atoms with Crippen LogP contribution in [0.25, 0.3) is 0 Å². The number of hydrogen-bond acceptors (Lipinski definition) is 7. The Bertz CT molecular complexity index is 914. The van der Waals surface area contributed by atoms with Crippen molar-refractivity contribution >= 4 is 20.2 Å². The zero-order valence-corrected chi connectivity index (χ0v) is 13.8. The lowest BCUT2D eigenvalue weighted by Crippen LogP contribution is -2.11. The molecule has 0 fully saturated rings. The number of methoxy groups -OCH3 is 1. The molecule has 0 aliphatic carbocycles. The average molecular weight is 357 g/mol. The van der Waals surface area contributed by atoms with Crippen molar-refractivity contribution in [1.29, 1.82) is 0 Å². The van der Waals surface area contributed by atoms with E-state index in [0.29, 0.717) is 0 Å². The Morgan fingerprint density at radius 2 is 1.43 bits per heavy atom. The standard InChI is InChI=1S/C14H14O7S2/c1-10-3-5-11(6-4-10)23(18,19)21-13-8-7-12(22(15,16)17)9-14(13)20-2/h3-9H,1-2H3,(H,15,16,17)/p-1. The molecule has 0 spiro atoms. The van der Waals surface area contributed by atoms with Gasteiger partial charge in [-0.15, -0.1) is 0 Å². The van der Waals surface area contributed by atoms with E-state index in [2.05, 4.69) is 0 Å². The highest BCUT2D eigenvalue weighted by Gasteiger charge is 2.19. The van der Waals surface area contributed by atoms with Gasteiger partial charge in [-0.05, 0) is 31.2 Å². The number of ether oxygens (including phenoxy) is 1. The van der Waals surface area contributed by atoms with Crippen LogP contribution in [-0.4, -0.2) is 28.5 Å². The Morgan fingerprint density at radius 3 is 1.96 bits per heavy atom. The molecule has 0 aliphatic heterocycles. The van der Waals surface area contributed by atoms with E-state index in [4.69, 9.17) is 8.92 Å². The normalized spacial score (nSPS) is 12.0. The molecular weight excluding hydrogens is 344 g/mol. The molecule has 0 radical (unpaired) electrons. The van der Waals surface area contributed by atoms with Gasteiger partial charge in [0.05, 0.1) is 12.0 Å². The summed E-state index contributed by atoms with van der Waals surface area (Å²) in [5, 5.41) is 0. The van der Waals surface area contributed by atoms with E-state index in [1.54, 1.807) is 12.1 Å². The lowest BCUT2D eigenvalue weighted by Gasteiger charge is -2.13. The van der Waals surface area contributed by atoms with Crippen molar-refractivity contribution in [3.05, 3.63) is 48.0 Å². The molecule has 0 aliphatic rings. The number of benzene rings is 2. The smallest absolute Gasteiger partial charge is 0.339 e. The van der Waals surface area contributed by atoms with Gasteiger partial charge in [0, 0.05) is 6.07 Å². The summed E-state index contributed by atoms with van der Waals surface area (Å²) in [5.41, 5.74) is 0.881. The minimum atomic E-state index is -4.69. The number of rotatable bonds is 5. The molecule has 2 aromatic carbocycles. The van der Waals surface area contributed by atoms with E-state index in [1.165, 1.54) is 19.2 Å². The fraction of sp³-hybridized carbons (Fsp3) is 0.143. The van der Waals surface area contributed by atoms with Gasteiger partial charge >= 0.3 is 10.1 Å². The first kappa shape index (κ1) is 17.3. The minimum Gasteiger partial charge on any atom is -0.744 e. The molecule has 9 heteroatoms. The molecule has 124 valence electrons. The summed E-state index contributed by atoms with van der Waals surface area (Å²) < 4.78 is 67.2.